The molecule has 0 unspecified atom stereocenters. The minimum atomic E-state index is -0.452. The van der Waals surface area contributed by atoms with Crippen molar-refractivity contribution in [2.24, 2.45) is 0 Å². The predicted octanol–water partition coefficient (Wildman–Crippen LogP) is 5.91. The van der Waals surface area contributed by atoms with Gasteiger partial charge in [-0.2, -0.15) is 0 Å². The molecule has 0 heterocycles. The number of carbonyl (C=O) groups is 1. The summed E-state index contributed by atoms with van der Waals surface area (Å²) in [4.78, 5) is 11.7. The molecule has 3 rings (SSSR count). The number of hydrogen-bond donors (Lipinski definition) is 2. The van der Waals surface area contributed by atoms with E-state index in [0.717, 1.165) is 5.56 Å². The second-order valence-corrected chi connectivity index (χ2v) is 7.06. The van der Waals surface area contributed by atoms with E-state index in [9.17, 15) is 15.0 Å². The van der Waals surface area contributed by atoms with Crippen molar-refractivity contribution in [2.45, 2.75) is 20.1 Å². The number of rotatable bonds is 6. The van der Waals surface area contributed by atoms with E-state index in [1.165, 1.54) is 0 Å². The van der Waals surface area contributed by atoms with E-state index in [2.05, 4.69) is 0 Å². The van der Waals surface area contributed by atoms with Gasteiger partial charge >= 0.3 is 0 Å². The molecule has 0 saturated heterocycles. The molecule has 0 aromatic heterocycles. The van der Waals surface area contributed by atoms with Crippen molar-refractivity contribution in [3.63, 3.8) is 0 Å². The number of benzene rings is 3. The Kier molecular flexibility index (Phi) is 6.25. The highest BCUT2D eigenvalue weighted by Gasteiger charge is 2.22. The smallest absolute Gasteiger partial charge is 0.168 e. The summed E-state index contributed by atoms with van der Waals surface area (Å²) in [5, 5.41) is 21.4. The molecule has 0 fully saturated rings. The van der Waals surface area contributed by atoms with Crippen LogP contribution in [0.25, 0.3) is 11.1 Å². The fourth-order valence-corrected chi connectivity index (χ4v) is 3.50. The Morgan fingerprint density at radius 2 is 1.68 bits per heavy atom. The lowest BCUT2D eigenvalue weighted by molar-refractivity contribution is 0.103. The number of ether oxygens (including phenoxy) is 1. The first-order valence-electron chi connectivity index (χ1n) is 8.54. The van der Waals surface area contributed by atoms with Crippen LogP contribution < -0.4 is 0 Å². The summed E-state index contributed by atoms with van der Waals surface area (Å²) in [6, 6.07) is 14.6. The number of hydrogen-bond acceptors (Lipinski definition) is 4. The maximum absolute atomic E-state index is 11.7. The summed E-state index contributed by atoms with van der Waals surface area (Å²) in [6.45, 7) is 1.89. The van der Waals surface area contributed by atoms with Gasteiger partial charge in [-0.05, 0) is 29.7 Å². The van der Waals surface area contributed by atoms with Crippen molar-refractivity contribution in [2.75, 3.05) is 0 Å². The van der Waals surface area contributed by atoms with Gasteiger partial charge in [0, 0.05) is 11.1 Å². The average Bonchev–Trinajstić information content (AvgIpc) is 2.70. The Hall–Kier alpha value is -2.53. The molecule has 28 heavy (non-hydrogen) atoms. The molecule has 3 aromatic carbocycles. The van der Waals surface area contributed by atoms with Crippen LogP contribution >= 0.6 is 23.2 Å². The Morgan fingerprint density at radius 1 is 0.964 bits per heavy atom. The minimum absolute atomic E-state index is 0.000793. The van der Waals surface area contributed by atoms with Crippen LogP contribution in [0.4, 0.5) is 0 Å². The molecule has 4 nitrogen and oxygen atoms in total. The standard InChI is InChI=1S/C22H18Cl2O4/c1-13-19(14-6-3-2-4-7-14)17(16(10-25)22(27)21(13)26)12-28-11-15-8-5-9-18(23)20(15)24/h2-10,26-27H,11-12H2,1H3. The van der Waals surface area contributed by atoms with Crippen molar-refractivity contribution in [3.05, 3.63) is 80.8 Å². The van der Waals surface area contributed by atoms with Gasteiger partial charge in [-0.1, -0.05) is 65.7 Å². The minimum Gasteiger partial charge on any atom is -0.504 e. The maximum atomic E-state index is 11.7. The molecule has 0 aliphatic carbocycles. The van der Waals surface area contributed by atoms with Crippen molar-refractivity contribution in [1.82, 2.24) is 0 Å². The number of aromatic hydroxyl groups is 2. The molecule has 0 radical (unpaired) electrons. The predicted molar refractivity (Wildman–Crippen MR) is 110 cm³/mol. The average molecular weight is 417 g/mol. The highest BCUT2D eigenvalue weighted by atomic mass is 35.5. The van der Waals surface area contributed by atoms with Crippen LogP contribution in [-0.4, -0.2) is 16.5 Å². The number of phenols is 2. The van der Waals surface area contributed by atoms with E-state index in [-0.39, 0.29) is 24.5 Å². The largest absolute Gasteiger partial charge is 0.504 e. The molecule has 0 aliphatic heterocycles. The third kappa shape index (κ3) is 3.85. The van der Waals surface area contributed by atoms with Gasteiger partial charge in [-0.15, -0.1) is 0 Å². The number of phenolic OH excluding ortho intramolecular Hbond substituents is 2. The summed E-state index contributed by atoms with van der Waals surface area (Å²) >= 11 is 12.2. The zero-order chi connectivity index (χ0) is 20.3. The van der Waals surface area contributed by atoms with Gasteiger partial charge < -0.3 is 14.9 Å². The van der Waals surface area contributed by atoms with Crippen molar-refractivity contribution in [3.8, 4) is 22.6 Å². The van der Waals surface area contributed by atoms with Gasteiger partial charge in [0.1, 0.15) is 0 Å². The van der Waals surface area contributed by atoms with Gasteiger partial charge in [0.15, 0.2) is 17.8 Å². The Balaban J connectivity index is 2.01. The number of aldehydes is 1. The molecule has 0 bridgehead atoms. The van der Waals surface area contributed by atoms with Gasteiger partial charge in [0.2, 0.25) is 0 Å². The summed E-state index contributed by atoms with van der Waals surface area (Å²) in [6.07, 6.45) is 0.520. The fourth-order valence-electron chi connectivity index (χ4n) is 3.12. The summed E-state index contributed by atoms with van der Waals surface area (Å²) in [5.41, 5.74) is 3.12. The van der Waals surface area contributed by atoms with Crippen molar-refractivity contribution < 1.29 is 19.7 Å². The lowest BCUT2D eigenvalue weighted by Crippen LogP contribution is -2.04. The second kappa shape index (κ2) is 8.65. The SMILES string of the molecule is Cc1c(O)c(O)c(C=O)c(COCc2cccc(Cl)c2Cl)c1-c1ccccc1. The van der Waals surface area contributed by atoms with Crippen LogP contribution in [0.3, 0.4) is 0 Å². The highest BCUT2D eigenvalue weighted by molar-refractivity contribution is 6.42. The van der Waals surface area contributed by atoms with E-state index in [1.807, 2.05) is 30.3 Å². The summed E-state index contributed by atoms with van der Waals surface area (Å²) < 4.78 is 5.80. The number of carbonyl (C=O) groups excluding carboxylic acids is 1. The van der Waals surface area contributed by atoms with Crippen LogP contribution in [-0.2, 0) is 18.0 Å². The molecule has 2 N–H and O–H groups in total. The van der Waals surface area contributed by atoms with Gasteiger partial charge in [0.25, 0.3) is 0 Å². The van der Waals surface area contributed by atoms with E-state index < -0.39 is 5.75 Å². The molecule has 0 aliphatic rings. The van der Waals surface area contributed by atoms with Crippen molar-refractivity contribution in [1.29, 1.82) is 0 Å². The zero-order valence-electron chi connectivity index (χ0n) is 15.1. The monoisotopic (exact) mass is 416 g/mol. The summed E-state index contributed by atoms with van der Waals surface area (Å²) in [5.74, 6) is -0.769. The van der Waals surface area contributed by atoms with Crippen LogP contribution in [0.1, 0.15) is 27.0 Å². The van der Waals surface area contributed by atoms with Crippen molar-refractivity contribution >= 4 is 29.5 Å². The van der Waals surface area contributed by atoms with Gasteiger partial charge in [-0.25, -0.2) is 0 Å². The number of halogens is 2. The van der Waals surface area contributed by atoms with E-state index in [0.29, 0.717) is 38.6 Å². The van der Waals surface area contributed by atoms with E-state index in [4.69, 9.17) is 27.9 Å². The zero-order valence-corrected chi connectivity index (χ0v) is 16.6. The maximum Gasteiger partial charge on any atom is 0.168 e. The quantitative estimate of drug-likeness (QED) is 0.387. The Bertz CT molecular complexity index is 1020. The molecule has 3 aromatic rings. The topological polar surface area (TPSA) is 66.8 Å². The molecule has 6 heteroatoms. The van der Waals surface area contributed by atoms with Gasteiger partial charge in [-0.3, -0.25) is 4.79 Å². The fraction of sp³-hybridized carbons (Fsp3) is 0.136. The molecular weight excluding hydrogens is 399 g/mol. The Morgan fingerprint density at radius 3 is 2.36 bits per heavy atom. The molecular formula is C22H18Cl2O4. The summed E-state index contributed by atoms with van der Waals surface area (Å²) in [7, 11) is 0. The molecule has 0 amide bonds. The lowest BCUT2D eigenvalue weighted by Gasteiger charge is -2.19. The lowest BCUT2D eigenvalue weighted by atomic mass is 9.90. The third-order valence-electron chi connectivity index (χ3n) is 4.55. The first-order valence-corrected chi connectivity index (χ1v) is 9.29. The molecule has 0 atom stereocenters. The van der Waals surface area contributed by atoms with Crippen LogP contribution in [0.2, 0.25) is 10.0 Å². The van der Waals surface area contributed by atoms with Gasteiger partial charge in [0.05, 0.1) is 28.8 Å². The first-order chi connectivity index (χ1) is 13.5. The molecule has 144 valence electrons. The Labute approximate surface area is 172 Å². The first kappa shape index (κ1) is 20.2. The molecule has 0 spiro atoms. The second-order valence-electron chi connectivity index (χ2n) is 6.28. The molecule has 0 saturated carbocycles. The van der Waals surface area contributed by atoms with Crippen LogP contribution in [0, 0.1) is 6.92 Å². The highest BCUT2D eigenvalue weighted by Crippen LogP contribution is 2.42. The van der Waals surface area contributed by atoms with E-state index >= 15 is 0 Å². The third-order valence-corrected chi connectivity index (χ3v) is 5.41. The normalized spacial score (nSPS) is 10.8. The van der Waals surface area contributed by atoms with Crippen LogP contribution in [0.5, 0.6) is 11.5 Å². The van der Waals surface area contributed by atoms with E-state index in [1.54, 1.807) is 25.1 Å². The van der Waals surface area contributed by atoms with Crippen LogP contribution in [0.15, 0.2) is 48.5 Å².